The zero-order chi connectivity index (χ0) is 18.1. The molecule has 0 spiro atoms. The molecule has 1 heterocycles. The maximum Gasteiger partial charge on any atom is 0.119 e. The highest BCUT2D eigenvalue weighted by molar-refractivity contribution is 7.98. The number of aliphatic hydroxyl groups is 1. The molecule has 0 unspecified atom stereocenters. The fourth-order valence-corrected chi connectivity index (χ4v) is 6.27. The Bertz CT molecular complexity index is 725. The molecule has 1 fully saturated rings. The standard InChI is InChI=1S/C23H29NOS/c1-24(2)15-17-9-3-5-11-19(17)23(25)20-12-6-4-10-18(20)16-26-22-14-8-7-13-21(22)23/h4,6-8,10,12-14,17,19,25H,3,5,9,11,15-16H2,1-2H3/p+1/t17-,19+,23+/m1/s1. The zero-order valence-corrected chi connectivity index (χ0v) is 16.7. The summed E-state index contributed by atoms with van der Waals surface area (Å²) >= 11 is 1.87. The molecule has 4 rings (SSSR count). The van der Waals surface area contributed by atoms with Crippen molar-refractivity contribution in [3.05, 3.63) is 65.2 Å². The van der Waals surface area contributed by atoms with Crippen molar-refractivity contribution in [1.82, 2.24) is 0 Å². The Hall–Kier alpha value is -1.29. The molecule has 2 aliphatic rings. The van der Waals surface area contributed by atoms with Gasteiger partial charge in [0.1, 0.15) is 5.60 Å². The monoisotopic (exact) mass is 368 g/mol. The Morgan fingerprint density at radius 1 is 1.00 bits per heavy atom. The summed E-state index contributed by atoms with van der Waals surface area (Å²) in [6, 6.07) is 17.1. The highest BCUT2D eigenvalue weighted by atomic mass is 32.2. The molecule has 2 aromatic rings. The summed E-state index contributed by atoms with van der Waals surface area (Å²) in [7, 11) is 4.47. The molecule has 2 nitrogen and oxygen atoms in total. The average Bonchev–Trinajstić information content (AvgIpc) is 2.78. The van der Waals surface area contributed by atoms with Gasteiger partial charge >= 0.3 is 0 Å². The second kappa shape index (κ2) is 7.38. The van der Waals surface area contributed by atoms with Crippen molar-refractivity contribution in [1.29, 1.82) is 0 Å². The third-order valence-electron chi connectivity index (χ3n) is 6.22. The number of benzene rings is 2. The van der Waals surface area contributed by atoms with Crippen LogP contribution in [-0.2, 0) is 11.4 Å². The van der Waals surface area contributed by atoms with Gasteiger partial charge in [-0.3, -0.25) is 0 Å². The van der Waals surface area contributed by atoms with Gasteiger partial charge in [0.25, 0.3) is 0 Å². The van der Waals surface area contributed by atoms with Crippen LogP contribution in [0.4, 0.5) is 0 Å². The zero-order valence-electron chi connectivity index (χ0n) is 15.9. The van der Waals surface area contributed by atoms with Gasteiger partial charge in [0.05, 0.1) is 20.6 Å². The topological polar surface area (TPSA) is 24.7 Å². The number of thioether (sulfide) groups is 1. The smallest absolute Gasteiger partial charge is 0.119 e. The fourth-order valence-electron chi connectivity index (χ4n) is 5.15. The van der Waals surface area contributed by atoms with Gasteiger partial charge in [0.2, 0.25) is 0 Å². The quantitative estimate of drug-likeness (QED) is 0.867. The van der Waals surface area contributed by atoms with E-state index in [4.69, 9.17) is 0 Å². The maximum absolute atomic E-state index is 12.4. The average molecular weight is 369 g/mol. The van der Waals surface area contributed by atoms with Crippen LogP contribution in [0.2, 0.25) is 0 Å². The van der Waals surface area contributed by atoms with E-state index in [0.717, 1.165) is 29.8 Å². The Kier molecular flexibility index (Phi) is 5.13. The number of quaternary nitrogens is 1. The van der Waals surface area contributed by atoms with E-state index in [1.807, 2.05) is 11.8 Å². The van der Waals surface area contributed by atoms with Crippen LogP contribution in [0.25, 0.3) is 0 Å². The second-order valence-electron chi connectivity index (χ2n) is 8.27. The predicted octanol–water partition coefficient (Wildman–Crippen LogP) is 3.48. The lowest BCUT2D eigenvalue weighted by Crippen LogP contribution is -3.06. The maximum atomic E-state index is 12.4. The van der Waals surface area contributed by atoms with E-state index in [1.54, 1.807) is 0 Å². The molecule has 0 saturated heterocycles. The Labute approximate surface area is 161 Å². The fraction of sp³-hybridized carbons (Fsp3) is 0.478. The molecule has 1 aliphatic heterocycles. The number of nitrogens with one attached hydrogen (secondary N) is 1. The Balaban J connectivity index is 1.89. The minimum Gasteiger partial charge on any atom is -0.380 e. The van der Waals surface area contributed by atoms with E-state index >= 15 is 0 Å². The lowest BCUT2D eigenvalue weighted by molar-refractivity contribution is -0.863. The highest BCUT2D eigenvalue weighted by Gasteiger charge is 2.48. The van der Waals surface area contributed by atoms with Crippen LogP contribution in [0.1, 0.15) is 42.4 Å². The third-order valence-corrected chi connectivity index (χ3v) is 7.35. The first-order valence-corrected chi connectivity index (χ1v) is 10.9. The van der Waals surface area contributed by atoms with Crippen LogP contribution in [0, 0.1) is 11.8 Å². The van der Waals surface area contributed by atoms with Crippen LogP contribution < -0.4 is 4.90 Å². The first-order chi connectivity index (χ1) is 12.6. The Morgan fingerprint density at radius 2 is 1.69 bits per heavy atom. The van der Waals surface area contributed by atoms with Crippen LogP contribution in [-0.4, -0.2) is 25.7 Å². The van der Waals surface area contributed by atoms with Gasteiger partial charge in [-0.1, -0.05) is 55.3 Å². The lowest BCUT2D eigenvalue weighted by Gasteiger charge is -2.44. The summed E-state index contributed by atoms with van der Waals surface area (Å²) in [5, 5.41) is 12.4. The van der Waals surface area contributed by atoms with Crippen molar-refractivity contribution >= 4 is 11.8 Å². The number of hydrogen-bond donors (Lipinski definition) is 2. The van der Waals surface area contributed by atoms with Gasteiger partial charge < -0.3 is 10.0 Å². The van der Waals surface area contributed by atoms with Crippen molar-refractivity contribution in [2.24, 2.45) is 11.8 Å². The minimum atomic E-state index is -0.878. The van der Waals surface area contributed by atoms with Gasteiger partial charge in [-0.25, -0.2) is 0 Å². The first-order valence-electron chi connectivity index (χ1n) is 9.92. The van der Waals surface area contributed by atoms with Gasteiger partial charge in [0, 0.05) is 28.0 Å². The molecule has 3 atom stereocenters. The van der Waals surface area contributed by atoms with Crippen molar-refractivity contribution in [3.8, 4) is 0 Å². The van der Waals surface area contributed by atoms with Crippen LogP contribution in [0.5, 0.6) is 0 Å². The molecule has 0 aromatic heterocycles. The van der Waals surface area contributed by atoms with E-state index in [9.17, 15) is 5.11 Å². The van der Waals surface area contributed by atoms with Gasteiger partial charge in [-0.15, -0.1) is 11.8 Å². The number of hydrogen-bond acceptors (Lipinski definition) is 2. The summed E-state index contributed by atoms with van der Waals surface area (Å²) in [5.74, 6) is 1.78. The van der Waals surface area contributed by atoms with Crippen LogP contribution in [0.3, 0.4) is 0 Å². The van der Waals surface area contributed by atoms with Crippen molar-refractivity contribution < 1.29 is 10.0 Å². The Morgan fingerprint density at radius 3 is 2.50 bits per heavy atom. The summed E-state index contributed by atoms with van der Waals surface area (Å²) < 4.78 is 0. The summed E-state index contributed by atoms with van der Waals surface area (Å²) in [6.07, 6.45) is 4.86. The summed E-state index contributed by atoms with van der Waals surface area (Å²) in [5.41, 5.74) is 2.68. The molecule has 138 valence electrons. The molecule has 1 aliphatic carbocycles. The largest absolute Gasteiger partial charge is 0.380 e. The normalized spacial score (nSPS) is 28.3. The van der Waals surface area contributed by atoms with E-state index in [1.165, 1.54) is 34.6 Å². The molecule has 0 bridgehead atoms. The first kappa shape index (κ1) is 18.1. The summed E-state index contributed by atoms with van der Waals surface area (Å²) in [6.45, 7) is 1.13. The van der Waals surface area contributed by atoms with E-state index in [-0.39, 0.29) is 5.92 Å². The lowest BCUT2D eigenvalue weighted by atomic mass is 9.64. The van der Waals surface area contributed by atoms with Crippen molar-refractivity contribution in [3.63, 3.8) is 0 Å². The molecular weight excluding hydrogens is 338 g/mol. The molecule has 1 saturated carbocycles. The van der Waals surface area contributed by atoms with E-state index in [0.29, 0.717) is 5.92 Å². The molecule has 26 heavy (non-hydrogen) atoms. The molecule has 3 heteroatoms. The third kappa shape index (κ3) is 3.11. The SMILES string of the molecule is C[NH+](C)C[C@H]1CCCC[C@@H]1[C@]1(O)c2ccccc2CSc2ccccc21. The molecular formula is C23H30NOS+. The molecule has 0 radical (unpaired) electrons. The number of fused-ring (bicyclic) bond motifs is 2. The van der Waals surface area contributed by atoms with Gasteiger partial charge in [-0.05, 0) is 30.0 Å². The molecule has 2 aromatic carbocycles. The highest BCUT2D eigenvalue weighted by Crippen LogP contribution is 2.51. The van der Waals surface area contributed by atoms with Gasteiger partial charge in [0.15, 0.2) is 0 Å². The van der Waals surface area contributed by atoms with Crippen LogP contribution in [0.15, 0.2) is 53.4 Å². The minimum absolute atomic E-state index is 0.284. The number of rotatable bonds is 3. The van der Waals surface area contributed by atoms with Gasteiger partial charge in [-0.2, -0.15) is 0 Å². The summed E-state index contributed by atoms with van der Waals surface area (Å²) in [4.78, 5) is 2.72. The molecule has 0 amide bonds. The van der Waals surface area contributed by atoms with E-state index < -0.39 is 5.60 Å². The molecule has 2 N–H and O–H groups in total. The van der Waals surface area contributed by atoms with Crippen molar-refractivity contribution in [2.45, 2.75) is 41.9 Å². The second-order valence-corrected chi connectivity index (χ2v) is 9.29. The van der Waals surface area contributed by atoms with Crippen LogP contribution >= 0.6 is 11.8 Å². The van der Waals surface area contributed by atoms with Crippen molar-refractivity contribution in [2.75, 3.05) is 20.6 Å². The van der Waals surface area contributed by atoms with E-state index in [2.05, 4.69) is 62.6 Å². The predicted molar refractivity (Wildman–Crippen MR) is 109 cm³/mol.